The summed E-state index contributed by atoms with van der Waals surface area (Å²) in [6.07, 6.45) is 0. The number of nitrogens with one attached hydrogen (secondary N) is 3. The summed E-state index contributed by atoms with van der Waals surface area (Å²) in [4.78, 5) is 35.7. The molecule has 0 aliphatic rings. The largest absolute Gasteiger partial charge is 0.346 e. The van der Waals surface area contributed by atoms with E-state index in [0.29, 0.717) is 0 Å². The first-order valence-corrected chi connectivity index (χ1v) is 7.81. The number of hydrogen-bond donors (Lipinski definition) is 3. The van der Waals surface area contributed by atoms with Crippen molar-refractivity contribution >= 4 is 29.5 Å². The molecule has 0 fully saturated rings. The fourth-order valence-electron chi connectivity index (χ4n) is 1.48. The predicted molar refractivity (Wildman–Crippen MR) is 86.1 cm³/mol. The second kappa shape index (κ2) is 8.43. The first-order chi connectivity index (χ1) is 10.3. The van der Waals surface area contributed by atoms with Crippen LogP contribution in [0.15, 0.2) is 29.2 Å². The van der Waals surface area contributed by atoms with Crippen molar-refractivity contribution < 1.29 is 14.4 Å². The maximum atomic E-state index is 11.9. The third kappa shape index (κ3) is 6.17. The van der Waals surface area contributed by atoms with E-state index in [4.69, 9.17) is 0 Å². The minimum absolute atomic E-state index is 0.148. The Morgan fingerprint density at radius 3 is 2.09 bits per heavy atom. The Bertz CT molecular complexity index is 543. The van der Waals surface area contributed by atoms with Crippen LogP contribution in [-0.2, 0) is 14.4 Å². The van der Waals surface area contributed by atoms with E-state index < -0.39 is 17.1 Å². The van der Waals surface area contributed by atoms with Gasteiger partial charge in [-0.05, 0) is 39.8 Å². The number of amides is 3. The number of hydrogen-bond acceptors (Lipinski definition) is 4. The first-order valence-electron chi connectivity index (χ1n) is 6.93. The molecule has 3 amide bonds. The van der Waals surface area contributed by atoms with Crippen molar-refractivity contribution in [3.05, 3.63) is 29.8 Å². The van der Waals surface area contributed by atoms with Crippen LogP contribution >= 0.6 is 11.8 Å². The van der Waals surface area contributed by atoms with Crippen molar-refractivity contribution in [1.29, 1.82) is 0 Å². The van der Waals surface area contributed by atoms with Crippen LogP contribution in [0.2, 0.25) is 0 Å². The zero-order chi connectivity index (χ0) is 16.7. The highest BCUT2D eigenvalue weighted by atomic mass is 32.2. The van der Waals surface area contributed by atoms with Crippen LogP contribution in [0.25, 0.3) is 0 Å². The van der Waals surface area contributed by atoms with Gasteiger partial charge >= 0.3 is 11.8 Å². The lowest BCUT2D eigenvalue weighted by Gasteiger charge is -2.13. The van der Waals surface area contributed by atoms with Crippen LogP contribution in [-0.4, -0.2) is 29.0 Å². The minimum Gasteiger partial charge on any atom is -0.346 e. The molecule has 0 aliphatic heterocycles. The van der Waals surface area contributed by atoms with Crippen LogP contribution in [0.1, 0.15) is 26.3 Å². The topological polar surface area (TPSA) is 87.3 Å². The van der Waals surface area contributed by atoms with Gasteiger partial charge in [0.15, 0.2) is 0 Å². The summed E-state index contributed by atoms with van der Waals surface area (Å²) >= 11 is 1.37. The average Bonchev–Trinajstić information content (AvgIpc) is 2.45. The summed E-state index contributed by atoms with van der Waals surface area (Å²) in [5.41, 5.74) is 5.49. The van der Waals surface area contributed by atoms with Crippen LogP contribution in [0.4, 0.5) is 0 Å². The third-order valence-corrected chi connectivity index (χ3v) is 3.74. The lowest BCUT2D eigenvalue weighted by Crippen LogP contribution is -2.51. The molecule has 0 heterocycles. The van der Waals surface area contributed by atoms with Crippen LogP contribution < -0.4 is 16.2 Å². The first kappa shape index (κ1) is 18.0. The molecule has 0 radical (unpaired) electrons. The van der Waals surface area contributed by atoms with Crippen LogP contribution in [0, 0.1) is 6.92 Å². The Hall–Kier alpha value is -2.02. The normalized spacial score (nSPS) is 11.7. The smallest absolute Gasteiger partial charge is 0.327 e. The Kier molecular flexibility index (Phi) is 6.91. The van der Waals surface area contributed by atoms with E-state index in [0.717, 1.165) is 10.5 Å². The van der Waals surface area contributed by atoms with Gasteiger partial charge in [-0.3, -0.25) is 25.2 Å². The number of hydrazine groups is 1. The van der Waals surface area contributed by atoms with E-state index in [2.05, 4.69) is 16.2 Å². The summed E-state index contributed by atoms with van der Waals surface area (Å²) in [6, 6.07) is 7.64. The van der Waals surface area contributed by atoms with E-state index in [-0.39, 0.29) is 11.9 Å². The van der Waals surface area contributed by atoms with Gasteiger partial charge in [-0.1, -0.05) is 17.7 Å². The number of thioether (sulfide) groups is 1. The maximum absolute atomic E-state index is 11.9. The van der Waals surface area contributed by atoms with E-state index in [1.54, 1.807) is 20.8 Å². The highest BCUT2D eigenvalue weighted by Gasteiger charge is 2.18. The van der Waals surface area contributed by atoms with E-state index in [1.165, 1.54) is 11.8 Å². The molecule has 0 bridgehead atoms. The van der Waals surface area contributed by atoms with Gasteiger partial charge in [-0.25, -0.2) is 0 Å². The molecule has 120 valence electrons. The summed E-state index contributed by atoms with van der Waals surface area (Å²) in [6.45, 7) is 7.19. The van der Waals surface area contributed by atoms with Gasteiger partial charge in [0.1, 0.15) is 0 Å². The molecule has 0 saturated heterocycles. The van der Waals surface area contributed by atoms with Crippen molar-refractivity contribution in [2.24, 2.45) is 0 Å². The summed E-state index contributed by atoms with van der Waals surface area (Å²) < 4.78 is 0. The van der Waals surface area contributed by atoms with E-state index in [9.17, 15) is 14.4 Å². The molecule has 0 aliphatic carbocycles. The highest BCUT2D eigenvalue weighted by Crippen LogP contribution is 2.23. The number of aryl methyl sites for hydroxylation is 1. The van der Waals surface area contributed by atoms with Crippen molar-refractivity contribution in [2.45, 2.75) is 43.9 Å². The number of benzene rings is 1. The average molecular weight is 323 g/mol. The Labute approximate surface area is 134 Å². The molecule has 0 spiro atoms. The maximum Gasteiger partial charge on any atom is 0.327 e. The fraction of sp³-hybridized carbons (Fsp3) is 0.400. The third-order valence-electron chi connectivity index (χ3n) is 2.63. The van der Waals surface area contributed by atoms with Crippen molar-refractivity contribution in [3.63, 3.8) is 0 Å². The summed E-state index contributed by atoms with van der Waals surface area (Å²) in [5, 5.41) is 2.03. The van der Waals surface area contributed by atoms with Gasteiger partial charge < -0.3 is 5.32 Å². The number of carbonyl (C=O) groups is 3. The zero-order valence-electron chi connectivity index (χ0n) is 13.1. The molecule has 1 aromatic carbocycles. The monoisotopic (exact) mass is 323 g/mol. The summed E-state index contributed by atoms with van der Waals surface area (Å²) in [5.74, 6) is -2.06. The van der Waals surface area contributed by atoms with Crippen molar-refractivity contribution in [3.8, 4) is 0 Å². The van der Waals surface area contributed by atoms with Crippen LogP contribution in [0.3, 0.4) is 0 Å². The van der Waals surface area contributed by atoms with Gasteiger partial charge in [0, 0.05) is 10.9 Å². The zero-order valence-corrected chi connectivity index (χ0v) is 13.9. The second-order valence-electron chi connectivity index (χ2n) is 5.14. The second-order valence-corrected chi connectivity index (χ2v) is 6.56. The lowest BCUT2D eigenvalue weighted by atomic mass is 10.2. The molecular weight excluding hydrogens is 302 g/mol. The Morgan fingerprint density at radius 1 is 0.955 bits per heavy atom. The SMILES string of the molecule is Cc1ccc(S[C@@H](C)C(=O)NNC(=O)C(=O)NC(C)C)cc1. The van der Waals surface area contributed by atoms with Gasteiger partial charge in [0.2, 0.25) is 0 Å². The number of rotatable bonds is 4. The molecule has 0 unspecified atom stereocenters. The molecule has 7 heteroatoms. The van der Waals surface area contributed by atoms with Gasteiger partial charge in [-0.15, -0.1) is 11.8 Å². The minimum atomic E-state index is -0.894. The van der Waals surface area contributed by atoms with Gasteiger partial charge in [0.25, 0.3) is 5.91 Å². The van der Waals surface area contributed by atoms with Crippen molar-refractivity contribution in [2.75, 3.05) is 0 Å². The Morgan fingerprint density at radius 2 is 1.55 bits per heavy atom. The fourth-order valence-corrected chi connectivity index (χ4v) is 2.35. The number of carbonyl (C=O) groups excluding carboxylic acids is 3. The quantitative estimate of drug-likeness (QED) is 0.441. The van der Waals surface area contributed by atoms with Crippen molar-refractivity contribution in [1.82, 2.24) is 16.2 Å². The van der Waals surface area contributed by atoms with Crippen LogP contribution in [0.5, 0.6) is 0 Å². The molecule has 1 atom stereocenters. The molecular formula is C15H21N3O3S. The lowest BCUT2D eigenvalue weighted by molar-refractivity contribution is -0.141. The Balaban J connectivity index is 2.42. The predicted octanol–water partition coefficient (Wildman–Crippen LogP) is 1.15. The van der Waals surface area contributed by atoms with E-state index in [1.807, 2.05) is 31.2 Å². The molecule has 0 aromatic heterocycles. The summed E-state index contributed by atoms with van der Waals surface area (Å²) in [7, 11) is 0. The molecule has 22 heavy (non-hydrogen) atoms. The van der Waals surface area contributed by atoms with E-state index >= 15 is 0 Å². The molecule has 6 nitrogen and oxygen atoms in total. The highest BCUT2D eigenvalue weighted by molar-refractivity contribution is 8.00. The van der Waals surface area contributed by atoms with Gasteiger partial charge in [0.05, 0.1) is 5.25 Å². The molecule has 0 saturated carbocycles. The standard InChI is InChI=1S/C15H21N3O3S/c1-9(2)16-14(20)15(21)18-17-13(19)11(4)22-12-7-5-10(3)6-8-12/h5-9,11H,1-4H3,(H,16,20)(H,17,19)(H,18,21)/t11-/m0/s1. The molecule has 1 aromatic rings. The molecule has 3 N–H and O–H groups in total. The molecule has 1 rings (SSSR count). The van der Waals surface area contributed by atoms with Gasteiger partial charge in [-0.2, -0.15) is 0 Å².